The molecule has 0 saturated carbocycles. The van der Waals surface area contributed by atoms with Gasteiger partial charge in [0.15, 0.2) is 9.84 Å². The Morgan fingerprint density at radius 3 is 2.85 bits per heavy atom. The van der Waals surface area contributed by atoms with E-state index in [0.29, 0.717) is 24.0 Å². The molecule has 1 fully saturated rings. The second-order valence-corrected chi connectivity index (χ2v) is 10.5. The maximum atomic E-state index is 12.4. The molecule has 1 aliphatic heterocycles. The number of carbonyl (C=O) groups excluding carboxylic acids is 1. The number of hydrogen-bond acceptors (Lipinski definition) is 7. The Hall–Kier alpha value is -1.87. The van der Waals surface area contributed by atoms with Crippen molar-refractivity contribution in [3.8, 4) is 0 Å². The van der Waals surface area contributed by atoms with Gasteiger partial charge < -0.3 is 9.73 Å². The second kappa shape index (κ2) is 8.02. The number of carbonyl (C=O) groups is 1. The Balaban J connectivity index is 1.56. The number of rotatable bonds is 6. The number of hydrogen-bond donors (Lipinski definition) is 1. The molecule has 2 heterocycles. The van der Waals surface area contributed by atoms with Gasteiger partial charge in [-0.2, -0.15) is 0 Å². The summed E-state index contributed by atoms with van der Waals surface area (Å²) >= 11 is 1.19. The van der Waals surface area contributed by atoms with E-state index >= 15 is 0 Å². The van der Waals surface area contributed by atoms with Crippen LogP contribution in [0.25, 0.3) is 0 Å². The van der Waals surface area contributed by atoms with Crippen molar-refractivity contribution in [3.63, 3.8) is 0 Å². The van der Waals surface area contributed by atoms with Crippen LogP contribution in [0.15, 0.2) is 27.8 Å². The van der Waals surface area contributed by atoms with Crippen LogP contribution in [-0.2, 0) is 21.1 Å². The molecule has 0 bridgehead atoms. The van der Waals surface area contributed by atoms with Crippen molar-refractivity contribution in [2.45, 2.75) is 44.1 Å². The Morgan fingerprint density at radius 1 is 1.37 bits per heavy atom. The summed E-state index contributed by atoms with van der Waals surface area (Å²) in [5, 5.41) is 10.8. The minimum Gasteiger partial charge on any atom is -0.416 e. The Bertz CT molecular complexity index is 940. The SMILES string of the molecule is Cc1ccc(C)c(NC(=O)[C@@H](C)Sc2nnc(C[C@H]3CCS(=O)(=O)C3)o2)c1. The summed E-state index contributed by atoms with van der Waals surface area (Å²) in [4.78, 5) is 12.4. The number of anilines is 1. The lowest BCUT2D eigenvalue weighted by Crippen LogP contribution is -2.22. The first-order valence-electron chi connectivity index (χ1n) is 8.79. The molecule has 0 radical (unpaired) electrons. The topological polar surface area (TPSA) is 102 Å². The Morgan fingerprint density at radius 2 is 2.15 bits per heavy atom. The smallest absolute Gasteiger partial charge is 0.277 e. The van der Waals surface area contributed by atoms with E-state index in [1.807, 2.05) is 32.0 Å². The Labute approximate surface area is 163 Å². The molecule has 9 heteroatoms. The molecular formula is C18H23N3O4S2. The van der Waals surface area contributed by atoms with E-state index in [1.165, 1.54) is 11.8 Å². The minimum atomic E-state index is -2.92. The molecule has 3 rings (SSSR count). The molecule has 2 aromatic rings. The summed E-state index contributed by atoms with van der Waals surface area (Å²) in [6.07, 6.45) is 1.08. The van der Waals surface area contributed by atoms with Crippen molar-refractivity contribution in [2.75, 3.05) is 16.8 Å². The lowest BCUT2D eigenvalue weighted by atomic mass is 10.1. The molecule has 2 atom stereocenters. The predicted octanol–water partition coefficient (Wildman–Crippen LogP) is 2.78. The van der Waals surface area contributed by atoms with Gasteiger partial charge in [-0.05, 0) is 50.3 Å². The summed E-state index contributed by atoms with van der Waals surface area (Å²) in [6, 6.07) is 5.90. The summed E-state index contributed by atoms with van der Waals surface area (Å²) in [6.45, 7) is 5.70. The van der Waals surface area contributed by atoms with Gasteiger partial charge in [-0.3, -0.25) is 4.79 Å². The number of nitrogens with zero attached hydrogens (tertiary/aromatic N) is 2. The number of aryl methyl sites for hydroxylation is 2. The third-order valence-corrected chi connectivity index (χ3v) is 7.31. The molecule has 1 amide bonds. The van der Waals surface area contributed by atoms with Crippen LogP contribution in [-0.4, -0.2) is 41.3 Å². The molecular weight excluding hydrogens is 386 g/mol. The van der Waals surface area contributed by atoms with E-state index in [1.54, 1.807) is 6.92 Å². The lowest BCUT2D eigenvalue weighted by molar-refractivity contribution is -0.115. The highest BCUT2D eigenvalue weighted by Gasteiger charge is 2.29. The van der Waals surface area contributed by atoms with Crippen LogP contribution in [0.1, 0.15) is 30.4 Å². The average Bonchev–Trinajstić information content (AvgIpc) is 3.17. The van der Waals surface area contributed by atoms with Gasteiger partial charge in [0.05, 0.1) is 16.8 Å². The minimum absolute atomic E-state index is 0.0262. The van der Waals surface area contributed by atoms with Crippen molar-refractivity contribution in [2.24, 2.45) is 5.92 Å². The second-order valence-electron chi connectivity index (χ2n) is 7.00. The number of nitrogens with one attached hydrogen (secondary N) is 1. The highest BCUT2D eigenvalue weighted by molar-refractivity contribution is 8.00. The van der Waals surface area contributed by atoms with Crippen molar-refractivity contribution in [1.29, 1.82) is 0 Å². The molecule has 1 aliphatic rings. The van der Waals surface area contributed by atoms with Gasteiger partial charge in [-0.1, -0.05) is 23.9 Å². The highest BCUT2D eigenvalue weighted by Crippen LogP contribution is 2.27. The van der Waals surface area contributed by atoms with E-state index in [0.717, 1.165) is 16.8 Å². The van der Waals surface area contributed by atoms with Crippen LogP contribution in [0.5, 0.6) is 0 Å². The van der Waals surface area contributed by atoms with Crippen molar-refractivity contribution >= 4 is 33.2 Å². The fraction of sp³-hybridized carbons (Fsp3) is 0.500. The number of benzene rings is 1. The molecule has 7 nitrogen and oxygen atoms in total. The van der Waals surface area contributed by atoms with Crippen LogP contribution in [0.2, 0.25) is 0 Å². The number of sulfone groups is 1. The van der Waals surface area contributed by atoms with Gasteiger partial charge in [0.2, 0.25) is 11.8 Å². The van der Waals surface area contributed by atoms with Gasteiger partial charge in [0, 0.05) is 12.1 Å². The third kappa shape index (κ3) is 5.32. The van der Waals surface area contributed by atoms with E-state index in [2.05, 4.69) is 15.5 Å². The quantitative estimate of drug-likeness (QED) is 0.732. The van der Waals surface area contributed by atoms with Crippen molar-refractivity contribution < 1.29 is 17.6 Å². The van der Waals surface area contributed by atoms with Crippen LogP contribution in [0.4, 0.5) is 5.69 Å². The van der Waals surface area contributed by atoms with E-state index in [4.69, 9.17) is 4.42 Å². The maximum absolute atomic E-state index is 12.4. The molecule has 1 aromatic heterocycles. The predicted molar refractivity (Wildman–Crippen MR) is 105 cm³/mol. The largest absolute Gasteiger partial charge is 0.416 e. The summed E-state index contributed by atoms with van der Waals surface area (Å²) < 4.78 is 28.7. The zero-order chi connectivity index (χ0) is 19.6. The fourth-order valence-corrected chi connectivity index (χ4v) is 5.52. The van der Waals surface area contributed by atoms with Crippen LogP contribution in [0.3, 0.4) is 0 Å². The zero-order valence-corrected chi connectivity index (χ0v) is 17.2. The van der Waals surface area contributed by atoms with E-state index in [-0.39, 0.29) is 23.3 Å². The normalized spacial score (nSPS) is 19.7. The molecule has 1 aromatic carbocycles. The summed E-state index contributed by atoms with van der Waals surface area (Å²) in [5.41, 5.74) is 2.87. The fourth-order valence-electron chi connectivity index (χ4n) is 2.96. The van der Waals surface area contributed by atoms with Crippen LogP contribution >= 0.6 is 11.8 Å². The number of amides is 1. The molecule has 1 N–H and O–H groups in total. The van der Waals surface area contributed by atoms with Gasteiger partial charge in [0.25, 0.3) is 5.22 Å². The molecule has 1 saturated heterocycles. The molecule has 0 unspecified atom stereocenters. The first-order valence-corrected chi connectivity index (χ1v) is 11.5. The summed E-state index contributed by atoms with van der Waals surface area (Å²) in [7, 11) is -2.92. The first-order chi connectivity index (χ1) is 12.7. The lowest BCUT2D eigenvalue weighted by Gasteiger charge is -2.12. The average molecular weight is 410 g/mol. The van der Waals surface area contributed by atoms with Crippen LogP contribution in [0, 0.1) is 19.8 Å². The van der Waals surface area contributed by atoms with Crippen LogP contribution < -0.4 is 5.32 Å². The van der Waals surface area contributed by atoms with Gasteiger partial charge in [-0.15, -0.1) is 10.2 Å². The van der Waals surface area contributed by atoms with Crippen molar-refractivity contribution in [1.82, 2.24) is 10.2 Å². The maximum Gasteiger partial charge on any atom is 0.277 e. The van der Waals surface area contributed by atoms with Crippen molar-refractivity contribution in [3.05, 3.63) is 35.2 Å². The van der Waals surface area contributed by atoms with E-state index < -0.39 is 15.1 Å². The van der Waals surface area contributed by atoms with Gasteiger partial charge in [-0.25, -0.2) is 8.42 Å². The molecule has 27 heavy (non-hydrogen) atoms. The Kier molecular flexibility index (Phi) is 5.90. The first kappa shape index (κ1) is 19.9. The number of thioether (sulfide) groups is 1. The molecule has 146 valence electrons. The van der Waals surface area contributed by atoms with E-state index in [9.17, 15) is 13.2 Å². The number of aromatic nitrogens is 2. The standard InChI is InChI=1S/C18H23N3O4S2/c1-11-4-5-12(2)15(8-11)19-17(22)13(3)26-18-21-20-16(25-18)9-14-6-7-27(23,24)10-14/h4-5,8,13-14H,6-7,9-10H2,1-3H3,(H,19,22)/t13-,14-/m1/s1. The zero-order valence-electron chi connectivity index (χ0n) is 15.6. The highest BCUT2D eigenvalue weighted by atomic mass is 32.2. The molecule has 0 spiro atoms. The third-order valence-electron chi connectivity index (χ3n) is 4.54. The molecule has 0 aliphatic carbocycles. The van der Waals surface area contributed by atoms with Gasteiger partial charge >= 0.3 is 0 Å². The summed E-state index contributed by atoms with van der Waals surface area (Å²) in [5.74, 6) is 0.700. The monoisotopic (exact) mass is 409 g/mol. The van der Waals surface area contributed by atoms with Gasteiger partial charge in [0.1, 0.15) is 0 Å².